The van der Waals surface area contributed by atoms with Gasteiger partial charge in [-0.3, -0.25) is 9.52 Å². The van der Waals surface area contributed by atoms with Gasteiger partial charge in [0.1, 0.15) is 5.82 Å². The molecule has 172 valence electrons. The van der Waals surface area contributed by atoms with E-state index in [1.807, 2.05) is 0 Å². The molecule has 1 amide bonds. The number of amides is 1. The summed E-state index contributed by atoms with van der Waals surface area (Å²) in [5, 5.41) is 3.12. The smallest absolute Gasteiger partial charge is 0.261 e. The number of anilines is 2. The molecule has 0 saturated carbocycles. The van der Waals surface area contributed by atoms with Crippen LogP contribution in [0.25, 0.3) is 0 Å². The minimum absolute atomic E-state index is 0.0347. The molecule has 0 unspecified atom stereocenters. The van der Waals surface area contributed by atoms with Gasteiger partial charge < -0.3 is 10.2 Å². The highest BCUT2D eigenvalue weighted by atomic mass is 35.5. The monoisotopic (exact) mass is 489 g/mol. The molecule has 1 aliphatic rings. The first-order valence-corrected chi connectivity index (χ1v) is 12.1. The predicted molar refractivity (Wildman–Crippen MR) is 123 cm³/mol. The largest absolute Gasteiger partial charge is 0.349 e. The zero-order chi connectivity index (χ0) is 23.4. The summed E-state index contributed by atoms with van der Waals surface area (Å²) in [7, 11) is -4.00. The van der Waals surface area contributed by atoms with Crippen molar-refractivity contribution in [1.29, 1.82) is 0 Å². The fourth-order valence-corrected chi connectivity index (χ4v) is 4.80. The van der Waals surface area contributed by atoms with Gasteiger partial charge in [0.15, 0.2) is 0 Å². The molecule has 0 aliphatic carbocycles. The molecule has 2 N–H and O–H groups in total. The van der Waals surface area contributed by atoms with Crippen LogP contribution in [0.15, 0.2) is 65.8 Å². The Morgan fingerprint density at radius 2 is 1.73 bits per heavy atom. The Kier molecular flexibility index (Phi) is 6.75. The van der Waals surface area contributed by atoms with E-state index in [-0.39, 0.29) is 33.1 Å². The highest BCUT2D eigenvalue weighted by Crippen LogP contribution is 2.26. The lowest BCUT2D eigenvalue weighted by Gasteiger charge is -2.32. The molecule has 0 bridgehead atoms. The van der Waals surface area contributed by atoms with Gasteiger partial charge in [0.2, 0.25) is 5.95 Å². The van der Waals surface area contributed by atoms with Crippen molar-refractivity contribution in [3.63, 3.8) is 0 Å². The summed E-state index contributed by atoms with van der Waals surface area (Å²) < 4.78 is 40.7. The van der Waals surface area contributed by atoms with E-state index in [9.17, 15) is 17.6 Å². The van der Waals surface area contributed by atoms with Gasteiger partial charge in [-0.25, -0.2) is 22.8 Å². The normalized spacial score (nSPS) is 14.7. The van der Waals surface area contributed by atoms with E-state index >= 15 is 0 Å². The van der Waals surface area contributed by atoms with Crippen LogP contribution in [-0.2, 0) is 10.0 Å². The van der Waals surface area contributed by atoms with Gasteiger partial charge in [-0.15, -0.1) is 0 Å². The first-order chi connectivity index (χ1) is 15.8. The minimum atomic E-state index is -4.00. The number of carbonyl (C=O) groups is 1. The van der Waals surface area contributed by atoms with E-state index in [1.165, 1.54) is 18.2 Å². The van der Waals surface area contributed by atoms with Crippen molar-refractivity contribution in [2.45, 2.75) is 23.8 Å². The molecule has 33 heavy (non-hydrogen) atoms. The first-order valence-electron chi connectivity index (χ1n) is 10.2. The molecule has 2 aromatic carbocycles. The number of nitrogens with one attached hydrogen (secondary N) is 2. The van der Waals surface area contributed by atoms with Crippen molar-refractivity contribution < 1.29 is 17.6 Å². The van der Waals surface area contributed by atoms with Gasteiger partial charge in [0.05, 0.1) is 15.6 Å². The van der Waals surface area contributed by atoms with E-state index in [2.05, 4.69) is 24.9 Å². The van der Waals surface area contributed by atoms with E-state index < -0.39 is 15.8 Å². The number of hydrogen-bond acceptors (Lipinski definition) is 6. The molecule has 0 radical (unpaired) electrons. The van der Waals surface area contributed by atoms with Crippen LogP contribution < -0.4 is 14.9 Å². The summed E-state index contributed by atoms with van der Waals surface area (Å²) >= 11 is 6.15. The number of rotatable bonds is 6. The Labute approximate surface area is 195 Å². The molecule has 2 heterocycles. The molecule has 4 rings (SSSR count). The molecule has 1 fully saturated rings. The molecule has 0 atom stereocenters. The maximum absolute atomic E-state index is 13.1. The van der Waals surface area contributed by atoms with E-state index in [0.717, 1.165) is 37.1 Å². The minimum Gasteiger partial charge on any atom is -0.349 e. The highest BCUT2D eigenvalue weighted by molar-refractivity contribution is 7.92. The fourth-order valence-electron chi connectivity index (χ4n) is 3.51. The molecular formula is C22H21ClFN5O3S. The van der Waals surface area contributed by atoms with Crippen LogP contribution in [0, 0.1) is 5.82 Å². The van der Waals surface area contributed by atoms with E-state index in [4.69, 9.17) is 11.6 Å². The van der Waals surface area contributed by atoms with Gasteiger partial charge in [0, 0.05) is 37.1 Å². The lowest BCUT2D eigenvalue weighted by molar-refractivity contribution is 0.0931. The number of hydrogen-bond donors (Lipinski definition) is 2. The molecule has 8 nitrogen and oxygen atoms in total. The summed E-state index contributed by atoms with van der Waals surface area (Å²) in [6.07, 6.45) is 4.83. The van der Waals surface area contributed by atoms with Gasteiger partial charge in [-0.05, 0) is 61.4 Å². The third-order valence-corrected chi connectivity index (χ3v) is 6.97. The molecular weight excluding hydrogens is 469 g/mol. The van der Waals surface area contributed by atoms with Gasteiger partial charge in [-0.2, -0.15) is 0 Å². The number of aromatic nitrogens is 2. The van der Waals surface area contributed by atoms with Crippen molar-refractivity contribution in [3.8, 4) is 0 Å². The summed E-state index contributed by atoms with van der Waals surface area (Å²) in [6.45, 7) is 1.41. The zero-order valence-corrected chi connectivity index (χ0v) is 19.0. The van der Waals surface area contributed by atoms with Gasteiger partial charge >= 0.3 is 0 Å². The number of nitrogens with zero attached hydrogens (tertiary/aromatic N) is 3. The molecule has 1 saturated heterocycles. The second-order valence-electron chi connectivity index (χ2n) is 7.54. The van der Waals surface area contributed by atoms with Crippen molar-refractivity contribution >= 4 is 39.2 Å². The van der Waals surface area contributed by atoms with Crippen LogP contribution in [0.4, 0.5) is 16.0 Å². The van der Waals surface area contributed by atoms with Crippen molar-refractivity contribution in [3.05, 3.63) is 77.3 Å². The number of benzene rings is 2. The predicted octanol–water partition coefficient (Wildman–Crippen LogP) is 3.47. The number of sulfonamides is 1. The molecule has 3 aromatic rings. The van der Waals surface area contributed by atoms with E-state index in [0.29, 0.717) is 19.0 Å². The van der Waals surface area contributed by atoms with E-state index in [1.54, 1.807) is 18.5 Å². The molecule has 11 heteroatoms. The van der Waals surface area contributed by atoms with Crippen LogP contribution in [0.2, 0.25) is 5.02 Å². The topological polar surface area (TPSA) is 104 Å². The average Bonchev–Trinajstić information content (AvgIpc) is 2.81. The summed E-state index contributed by atoms with van der Waals surface area (Å²) in [5.41, 5.74) is 0.328. The van der Waals surface area contributed by atoms with Gasteiger partial charge in [0.25, 0.3) is 15.9 Å². The van der Waals surface area contributed by atoms with Crippen LogP contribution in [-0.4, -0.2) is 43.4 Å². The third-order valence-electron chi connectivity index (χ3n) is 5.26. The van der Waals surface area contributed by atoms with Crippen molar-refractivity contribution in [1.82, 2.24) is 15.3 Å². The van der Waals surface area contributed by atoms with Crippen molar-refractivity contribution in [2.24, 2.45) is 0 Å². The lowest BCUT2D eigenvalue weighted by atomic mass is 10.0. The number of piperidine rings is 1. The molecule has 1 aliphatic heterocycles. The Morgan fingerprint density at radius 1 is 1.06 bits per heavy atom. The van der Waals surface area contributed by atoms with Crippen LogP contribution in [0.5, 0.6) is 0 Å². The quantitative estimate of drug-likeness (QED) is 0.549. The Hall–Kier alpha value is -3.24. The SMILES string of the molecule is O=C(NC1CCN(c2ncccn2)CC1)c1ccc(Cl)c(NS(=O)(=O)c2ccc(F)cc2)c1. The second kappa shape index (κ2) is 9.72. The molecule has 1 aromatic heterocycles. The lowest BCUT2D eigenvalue weighted by Crippen LogP contribution is -2.45. The van der Waals surface area contributed by atoms with Crippen LogP contribution in [0.3, 0.4) is 0 Å². The Balaban J connectivity index is 1.41. The summed E-state index contributed by atoms with van der Waals surface area (Å²) in [6, 6.07) is 10.5. The third kappa shape index (κ3) is 5.58. The standard InChI is InChI=1S/C22H21ClFN5O3S/c23-19-7-2-15(14-20(19)28-33(31,32)18-5-3-16(24)4-6-18)21(30)27-17-8-12-29(13-9-17)22-25-10-1-11-26-22/h1-7,10-11,14,17,28H,8-9,12-13H2,(H,27,30). The summed E-state index contributed by atoms with van der Waals surface area (Å²) in [5.74, 6) is -0.214. The number of halogens is 2. The highest BCUT2D eigenvalue weighted by Gasteiger charge is 2.23. The van der Waals surface area contributed by atoms with Crippen molar-refractivity contribution in [2.75, 3.05) is 22.7 Å². The maximum atomic E-state index is 13.1. The maximum Gasteiger partial charge on any atom is 0.261 e. The summed E-state index contributed by atoms with van der Waals surface area (Å²) in [4.78, 5) is 23.2. The first kappa shape index (κ1) is 22.9. The van der Waals surface area contributed by atoms with Gasteiger partial charge in [-0.1, -0.05) is 11.6 Å². The average molecular weight is 490 g/mol. The Bertz CT molecular complexity index is 1230. The second-order valence-corrected chi connectivity index (χ2v) is 9.63. The Morgan fingerprint density at radius 3 is 2.39 bits per heavy atom. The fraction of sp³-hybridized carbons (Fsp3) is 0.227. The zero-order valence-electron chi connectivity index (χ0n) is 17.4. The molecule has 0 spiro atoms. The van der Waals surface area contributed by atoms with Crippen LogP contribution >= 0.6 is 11.6 Å². The number of carbonyl (C=O) groups excluding carboxylic acids is 1. The van der Waals surface area contributed by atoms with Crippen LogP contribution in [0.1, 0.15) is 23.2 Å².